The van der Waals surface area contributed by atoms with Gasteiger partial charge < -0.3 is 5.32 Å². The number of fused-ring (bicyclic) bond motifs is 1. The van der Waals surface area contributed by atoms with Crippen LogP contribution in [0.2, 0.25) is 10.0 Å². The Balaban J connectivity index is 2.18. The van der Waals surface area contributed by atoms with Crippen LogP contribution in [0, 0.1) is 10.1 Å². The zero-order valence-electron chi connectivity index (χ0n) is 10.2. The molecule has 0 fully saturated rings. The summed E-state index contributed by atoms with van der Waals surface area (Å²) in [5.74, 6) is 0. The minimum atomic E-state index is -0.533. The zero-order chi connectivity index (χ0) is 15.0. The average molecular weight is 325 g/mol. The number of nitrogens with zero attached hydrogens (tertiary/aromatic N) is 3. The number of nitro groups is 1. The molecule has 1 aromatic heterocycles. The maximum atomic E-state index is 11.2. The van der Waals surface area contributed by atoms with E-state index in [0.29, 0.717) is 21.2 Å². The molecule has 9 heteroatoms. The Kier molecular flexibility index (Phi) is 3.36. The van der Waals surface area contributed by atoms with Crippen LogP contribution < -0.4 is 5.32 Å². The van der Waals surface area contributed by atoms with Crippen LogP contribution in [0.5, 0.6) is 0 Å². The van der Waals surface area contributed by atoms with Crippen molar-refractivity contribution >= 4 is 51.3 Å². The van der Waals surface area contributed by atoms with E-state index in [2.05, 4.69) is 20.3 Å². The van der Waals surface area contributed by atoms with Crippen molar-refractivity contribution in [3.05, 3.63) is 50.5 Å². The summed E-state index contributed by atoms with van der Waals surface area (Å²) in [6, 6.07) is 7.52. The zero-order valence-corrected chi connectivity index (χ0v) is 11.7. The molecule has 3 aromatic rings. The minimum Gasteiger partial charge on any atom is -0.347 e. The Labute approximate surface area is 127 Å². The fraction of sp³-hybridized carbons (Fsp3) is 0. The van der Waals surface area contributed by atoms with E-state index in [1.807, 2.05) is 0 Å². The maximum absolute atomic E-state index is 11.2. The molecule has 1 N–H and O–H groups in total. The van der Waals surface area contributed by atoms with Gasteiger partial charge in [0.25, 0.3) is 5.69 Å². The third-order valence-electron chi connectivity index (χ3n) is 2.79. The van der Waals surface area contributed by atoms with Crippen LogP contribution in [0.3, 0.4) is 0 Å². The van der Waals surface area contributed by atoms with Gasteiger partial charge in [-0.3, -0.25) is 10.1 Å². The number of halogens is 2. The fourth-order valence-corrected chi connectivity index (χ4v) is 2.18. The fourth-order valence-electron chi connectivity index (χ4n) is 1.84. The van der Waals surface area contributed by atoms with Gasteiger partial charge in [0.15, 0.2) is 5.52 Å². The van der Waals surface area contributed by atoms with Crippen molar-refractivity contribution in [1.29, 1.82) is 0 Å². The highest BCUT2D eigenvalue weighted by atomic mass is 35.5. The molecule has 0 saturated heterocycles. The van der Waals surface area contributed by atoms with Gasteiger partial charge in [-0.2, -0.15) is 0 Å². The van der Waals surface area contributed by atoms with Gasteiger partial charge in [0.05, 0.1) is 15.6 Å². The van der Waals surface area contributed by atoms with E-state index in [1.165, 1.54) is 12.1 Å². The van der Waals surface area contributed by atoms with Crippen molar-refractivity contribution in [3.8, 4) is 0 Å². The molecule has 3 rings (SSSR count). The highest BCUT2D eigenvalue weighted by molar-refractivity contribution is 6.35. The summed E-state index contributed by atoms with van der Waals surface area (Å²) < 4.78 is 4.61. The second-order valence-corrected chi connectivity index (χ2v) is 4.94. The summed E-state index contributed by atoms with van der Waals surface area (Å²) in [5.41, 5.74) is 1.02. The molecule has 0 aliphatic rings. The summed E-state index contributed by atoms with van der Waals surface area (Å²) in [4.78, 5) is 10.6. The summed E-state index contributed by atoms with van der Waals surface area (Å²) in [7, 11) is 0. The molecule has 0 aliphatic carbocycles. The first-order chi connectivity index (χ1) is 10.1. The van der Waals surface area contributed by atoms with Gasteiger partial charge in [-0.25, -0.2) is 4.63 Å². The minimum absolute atomic E-state index is 0.142. The highest BCUT2D eigenvalue weighted by Crippen LogP contribution is 2.36. The topological polar surface area (TPSA) is 94.1 Å². The molecule has 0 saturated carbocycles. The van der Waals surface area contributed by atoms with Crippen molar-refractivity contribution in [2.45, 2.75) is 0 Å². The number of aromatic nitrogens is 2. The molecule has 0 unspecified atom stereocenters. The highest BCUT2D eigenvalue weighted by Gasteiger charge is 2.21. The van der Waals surface area contributed by atoms with Crippen molar-refractivity contribution in [1.82, 2.24) is 10.3 Å². The summed E-state index contributed by atoms with van der Waals surface area (Å²) in [6.07, 6.45) is 0. The second kappa shape index (κ2) is 5.19. The van der Waals surface area contributed by atoms with E-state index in [0.717, 1.165) is 0 Å². The Morgan fingerprint density at radius 3 is 2.76 bits per heavy atom. The summed E-state index contributed by atoms with van der Waals surface area (Å²) >= 11 is 12.0. The predicted molar refractivity (Wildman–Crippen MR) is 78.2 cm³/mol. The number of nitro benzene ring substituents is 1. The summed E-state index contributed by atoms with van der Waals surface area (Å²) in [6.45, 7) is 0. The van der Waals surface area contributed by atoms with Gasteiger partial charge >= 0.3 is 0 Å². The van der Waals surface area contributed by atoms with Crippen molar-refractivity contribution < 1.29 is 9.55 Å². The molecule has 1 heterocycles. The molecular formula is C12H6Cl2N4O3. The SMILES string of the molecule is O=[N+]([O-])c1ccc2nonc2c1Nc1cc(Cl)ccc1Cl. The Bertz CT molecular complexity index is 850. The van der Waals surface area contributed by atoms with Crippen LogP contribution in [0.1, 0.15) is 0 Å². The van der Waals surface area contributed by atoms with Gasteiger partial charge in [-0.1, -0.05) is 23.2 Å². The average Bonchev–Trinajstić information content (AvgIpc) is 2.91. The van der Waals surface area contributed by atoms with E-state index in [4.69, 9.17) is 23.2 Å². The molecule has 106 valence electrons. The van der Waals surface area contributed by atoms with Crippen molar-refractivity contribution in [2.75, 3.05) is 5.32 Å². The quantitative estimate of drug-likeness (QED) is 0.573. The molecule has 0 bridgehead atoms. The number of hydrogen-bond acceptors (Lipinski definition) is 6. The van der Waals surface area contributed by atoms with E-state index >= 15 is 0 Å². The molecule has 0 radical (unpaired) electrons. The van der Waals surface area contributed by atoms with Gasteiger partial charge in [0, 0.05) is 11.1 Å². The lowest BCUT2D eigenvalue weighted by Crippen LogP contribution is -1.98. The summed E-state index contributed by atoms with van der Waals surface area (Å²) in [5, 5.41) is 22.2. The van der Waals surface area contributed by atoms with Gasteiger partial charge in [-0.15, -0.1) is 0 Å². The first-order valence-electron chi connectivity index (χ1n) is 5.68. The smallest absolute Gasteiger partial charge is 0.295 e. The molecule has 0 amide bonds. The molecular weight excluding hydrogens is 319 g/mol. The third-order valence-corrected chi connectivity index (χ3v) is 3.36. The standard InChI is InChI=1S/C12H6Cl2N4O3/c13-6-1-2-7(14)9(5-6)15-12-10(18(19)20)4-3-8-11(12)17-21-16-8/h1-5,15H. The maximum Gasteiger partial charge on any atom is 0.295 e. The first-order valence-corrected chi connectivity index (χ1v) is 6.43. The molecule has 2 aromatic carbocycles. The normalized spacial score (nSPS) is 10.8. The van der Waals surface area contributed by atoms with Gasteiger partial charge in [0.1, 0.15) is 11.2 Å². The first kappa shape index (κ1) is 13.6. The predicted octanol–water partition coefficient (Wildman–Crippen LogP) is 4.18. The van der Waals surface area contributed by atoms with E-state index < -0.39 is 4.92 Å². The monoisotopic (exact) mass is 324 g/mol. The van der Waals surface area contributed by atoms with E-state index in [1.54, 1.807) is 18.2 Å². The Morgan fingerprint density at radius 2 is 2.00 bits per heavy atom. The number of rotatable bonds is 3. The van der Waals surface area contributed by atoms with Crippen molar-refractivity contribution in [2.24, 2.45) is 0 Å². The van der Waals surface area contributed by atoms with Crippen molar-refractivity contribution in [3.63, 3.8) is 0 Å². The van der Waals surface area contributed by atoms with Gasteiger partial charge in [0.2, 0.25) is 0 Å². The number of hydrogen-bond donors (Lipinski definition) is 1. The van der Waals surface area contributed by atoms with Crippen LogP contribution in [0.25, 0.3) is 11.0 Å². The largest absolute Gasteiger partial charge is 0.347 e. The molecule has 21 heavy (non-hydrogen) atoms. The second-order valence-electron chi connectivity index (χ2n) is 4.10. The van der Waals surface area contributed by atoms with Crippen LogP contribution >= 0.6 is 23.2 Å². The van der Waals surface area contributed by atoms with E-state index in [-0.39, 0.29) is 16.9 Å². The van der Waals surface area contributed by atoms with Crippen LogP contribution in [-0.4, -0.2) is 15.2 Å². The van der Waals surface area contributed by atoms with Crippen LogP contribution in [0.15, 0.2) is 35.0 Å². The number of benzene rings is 2. The molecule has 7 nitrogen and oxygen atoms in total. The lowest BCUT2D eigenvalue weighted by Gasteiger charge is -2.09. The molecule has 0 spiro atoms. The van der Waals surface area contributed by atoms with Crippen LogP contribution in [-0.2, 0) is 0 Å². The molecule has 0 atom stereocenters. The molecule has 0 aliphatic heterocycles. The lowest BCUT2D eigenvalue weighted by atomic mass is 10.2. The van der Waals surface area contributed by atoms with E-state index in [9.17, 15) is 10.1 Å². The lowest BCUT2D eigenvalue weighted by molar-refractivity contribution is -0.383. The Hall–Kier alpha value is -2.38. The Morgan fingerprint density at radius 1 is 1.19 bits per heavy atom. The van der Waals surface area contributed by atoms with Crippen LogP contribution in [0.4, 0.5) is 17.1 Å². The third kappa shape index (κ3) is 2.48. The number of nitrogens with one attached hydrogen (secondary N) is 1. The number of anilines is 2. The van der Waals surface area contributed by atoms with Gasteiger partial charge in [-0.05, 0) is 34.6 Å².